The summed E-state index contributed by atoms with van der Waals surface area (Å²) in [4.78, 5) is 27.7. The third-order valence-corrected chi connectivity index (χ3v) is 5.97. The molecule has 144 valence electrons. The third-order valence-electron chi connectivity index (χ3n) is 3.63. The van der Waals surface area contributed by atoms with Gasteiger partial charge in [-0.1, -0.05) is 12.1 Å². The van der Waals surface area contributed by atoms with E-state index in [4.69, 9.17) is 14.2 Å². The topological polar surface area (TPSA) is 74.2 Å². The molecule has 0 aromatic heterocycles. The molecule has 0 fully saturated rings. The molecule has 1 heterocycles. The molecule has 0 spiro atoms. The maximum Gasteiger partial charge on any atom is 0.363 e. The Balaban J connectivity index is 1.72. The van der Waals surface area contributed by atoms with Crippen molar-refractivity contribution >= 4 is 62.4 Å². The maximum atomic E-state index is 12.1. The smallest absolute Gasteiger partial charge is 0.363 e. The standard InChI is InChI=1S/C20H15BrINO5/c1-2-26-18(24)11-27-14-6-3-12(4-7-14)9-17-20(25)28-19(23-17)13-5-8-16(22)15(21)10-13/h3-10H,2,11H2,1H3/b17-9-. The molecule has 0 bridgehead atoms. The van der Waals surface area contributed by atoms with Crippen molar-refractivity contribution in [2.24, 2.45) is 4.99 Å². The van der Waals surface area contributed by atoms with E-state index in [2.05, 4.69) is 43.5 Å². The van der Waals surface area contributed by atoms with E-state index in [-0.39, 0.29) is 18.2 Å². The Bertz CT molecular complexity index is 969. The third kappa shape index (κ3) is 5.20. The van der Waals surface area contributed by atoms with Crippen molar-refractivity contribution in [2.75, 3.05) is 13.2 Å². The number of benzene rings is 2. The molecule has 6 nitrogen and oxygen atoms in total. The molecule has 0 unspecified atom stereocenters. The number of halogens is 2. The lowest BCUT2D eigenvalue weighted by molar-refractivity contribution is -0.145. The van der Waals surface area contributed by atoms with E-state index in [0.717, 1.165) is 13.6 Å². The number of cyclic esters (lactones) is 1. The van der Waals surface area contributed by atoms with Gasteiger partial charge in [0.15, 0.2) is 12.3 Å². The van der Waals surface area contributed by atoms with Crippen molar-refractivity contribution in [3.8, 4) is 5.75 Å². The lowest BCUT2D eigenvalue weighted by Gasteiger charge is -2.05. The van der Waals surface area contributed by atoms with E-state index in [1.165, 1.54) is 0 Å². The van der Waals surface area contributed by atoms with Crippen LogP contribution in [0.15, 0.2) is 57.6 Å². The van der Waals surface area contributed by atoms with Crippen LogP contribution in [0.3, 0.4) is 0 Å². The molecule has 3 rings (SSSR count). The number of aliphatic imine (C=N–C) groups is 1. The molecule has 2 aromatic rings. The van der Waals surface area contributed by atoms with Crippen LogP contribution >= 0.6 is 38.5 Å². The molecular weight excluding hydrogens is 541 g/mol. The van der Waals surface area contributed by atoms with Gasteiger partial charge in [-0.25, -0.2) is 14.6 Å². The summed E-state index contributed by atoms with van der Waals surface area (Å²) < 4.78 is 17.4. The van der Waals surface area contributed by atoms with Crippen LogP contribution in [0, 0.1) is 3.57 Å². The molecular formula is C20H15BrINO5. The first-order valence-electron chi connectivity index (χ1n) is 8.32. The summed E-state index contributed by atoms with van der Waals surface area (Å²) in [6.07, 6.45) is 1.63. The van der Waals surface area contributed by atoms with Crippen LogP contribution in [-0.2, 0) is 19.1 Å². The van der Waals surface area contributed by atoms with Gasteiger partial charge in [0.1, 0.15) is 5.75 Å². The molecule has 28 heavy (non-hydrogen) atoms. The number of carbonyl (C=O) groups excluding carboxylic acids is 2. The first-order valence-corrected chi connectivity index (χ1v) is 10.2. The highest BCUT2D eigenvalue weighted by atomic mass is 127. The second-order valence-corrected chi connectivity index (χ2v) is 7.64. The monoisotopic (exact) mass is 555 g/mol. The average Bonchev–Trinajstić information content (AvgIpc) is 3.04. The zero-order valence-electron chi connectivity index (χ0n) is 14.8. The maximum absolute atomic E-state index is 12.1. The summed E-state index contributed by atoms with van der Waals surface area (Å²) in [5.74, 6) is -0.140. The number of esters is 2. The van der Waals surface area contributed by atoms with Gasteiger partial charge < -0.3 is 14.2 Å². The van der Waals surface area contributed by atoms with Gasteiger partial charge in [0.05, 0.1) is 6.61 Å². The van der Waals surface area contributed by atoms with Crippen molar-refractivity contribution in [3.05, 3.63) is 67.3 Å². The number of carbonyl (C=O) groups is 2. The Hall–Kier alpha value is -2.20. The zero-order chi connectivity index (χ0) is 20.1. The average molecular weight is 556 g/mol. The van der Waals surface area contributed by atoms with Gasteiger partial charge in [-0.3, -0.25) is 0 Å². The summed E-state index contributed by atoms with van der Waals surface area (Å²) in [6.45, 7) is 1.89. The molecule has 0 atom stereocenters. The molecule has 1 aliphatic heterocycles. The van der Waals surface area contributed by atoms with E-state index in [1.807, 2.05) is 18.2 Å². The largest absolute Gasteiger partial charge is 0.482 e. The Morgan fingerprint density at radius 2 is 2.00 bits per heavy atom. The van der Waals surface area contributed by atoms with Crippen LogP contribution in [0.1, 0.15) is 18.1 Å². The summed E-state index contributed by atoms with van der Waals surface area (Å²) in [6, 6.07) is 12.5. The van der Waals surface area contributed by atoms with Crippen LogP contribution in [-0.4, -0.2) is 31.1 Å². The minimum Gasteiger partial charge on any atom is -0.482 e. The second kappa shape index (κ2) is 9.33. The van der Waals surface area contributed by atoms with Crippen LogP contribution < -0.4 is 4.74 Å². The van der Waals surface area contributed by atoms with Crippen molar-refractivity contribution < 1.29 is 23.8 Å². The van der Waals surface area contributed by atoms with Gasteiger partial charge in [-0.15, -0.1) is 0 Å². The number of rotatable bonds is 6. The lowest BCUT2D eigenvalue weighted by Crippen LogP contribution is -2.14. The lowest BCUT2D eigenvalue weighted by atomic mass is 10.2. The highest BCUT2D eigenvalue weighted by Gasteiger charge is 2.24. The number of ether oxygens (including phenoxy) is 3. The van der Waals surface area contributed by atoms with Gasteiger partial charge >= 0.3 is 11.9 Å². The van der Waals surface area contributed by atoms with Crippen molar-refractivity contribution in [2.45, 2.75) is 6.92 Å². The van der Waals surface area contributed by atoms with Crippen LogP contribution in [0.2, 0.25) is 0 Å². The molecule has 0 N–H and O–H groups in total. The van der Waals surface area contributed by atoms with Crippen LogP contribution in [0.4, 0.5) is 0 Å². The normalized spacial score (nSPS) is 14.6. The Morgan fingerprint density at radius 3 is 2.68 bits per heavy atom. The van der Waals surface area contributed by atoms with Gasteiger partial charge in [-0.2, -0.15) is 0 Å². The van der Waals surface area contributed by atoms with Gasteiger partial charge in [0.25, 0.3) is 0 Å². The van der Waals surface area contributed by atoms with E-state index in [0.29, 0.717) is 17.9 Å². The van der Waals surface area contributed by atoms with E-state index in [1.54, 1.807) is 37.3 Å². The summed E-state index contributed by atoms with van der Waals surface area (Å²) in [5, 5.41) is 0. The van der Waals surface area contributed by atoms with Gasteiger partial charge in [0.2, 0.25) is 5.90 Å². The van der Waals surface area contributed by atoms with E-state index >= 15 is 0 Å². The fraction of sp³-hybridized carbons (Fsp3) is 0.150. The van der Waals surface area contributed by atoms with Crippen LogP contribution in [0.25, 0.3) is 6.08 Å². The van der Waals surface area contributed by atoms with Gasteiger partial charge in [-0.05, 0) is 87.4 Å². The molecule has 0 aliphatic carbocycles. The molecule has 0 saturated heterocycles. The SMILES string of the molecule is CCOC(=O)COc1ccc(/C=C2\N=C(c3ccc(I)c(Br)c3)OC2=O)cc1. The number of hydrogen-bond acceptors (Lipinski definition) is 6. The Morgan fingerprint density at radius 1 is 1.25 bits per heavy atom. The van der Waals surface area contributed by atoms with Crippen molar-refractivity contribution in [3.63, 3.8) is 0 Å². The fourth-order valence-electron chi connectivity index (χ4n) is 2.32. The summed E-state index contributed by atoms with van der Waals surface area (Å²) >= 11 is 5.66. The second-order valence-electron chi connectivity index (χ2n) is 5.63. The molecule has 0 saturated carbocycles. The predicted octanol–water partition coefficient (Wildman–Crippen LogP) is 4.34. The summed E-state index contributed by atoms with van der Waals surface area (Å²) in [7, 11) is 0. The summed E-state index contributed by atoms with van der Waals surface area (Å²) in [5.41, 5.74) is 1.68. The first kappa shape index (κ1) is 20.5. The highest BCUT2D eigenvalue weighted by Crippen LogP contribution is 2.24. The quantitative estimate of drug-likeness (QED) is 0.301. The van der Waals surface area contributed by atoms with Crippen molar-refractivity contribution in [1.29, 1.82) is 0 Å². The number of hydrogen-bond donors (Lipinski definition) is 0. The minimum absolute atomic E-state index is 0.153. The van der Waals surface area contributed by atoms with Crippen LogP contribution in [0.5, 0.6) is 5.75 Å². The van der Waals surface area contributed by atoms with E-state index < -0.39 is 11.9 Å². The fourth-order valence-corrected chi connectivity index (χ4v) is 3.04. The van der Waals surface area contributed by atoms with E-state index in [9.17, 15) is 9.59 Å². The molecule has 8 heteroatoms. The zero-order valence-corrected chi connectivity index (χ0v) is 18.5. The molecule has 0 radical (unpaired) electrons. The molecule has 2 aromatic carbocycles. The molecule has 1 aliphatic rings. The molecule has 0 amide bonds. The van der Waals surface area contributed by atoms with Gasteiger partial charge in [0, 0.05) is 13.6 Å². The minimum atomic E-state index is -0.507. The number of nitrogens with zero attached hydrogens (tertiary/aromatic N) is 1. The first-order chi connectivity index (χ1) is 13.5. The highest BCUT2D eigenvalue weighted by molar-refractivity contribution is 14.1. The predicted molar refractivity (Wildman–Crippen MR) is 116 cm³/mol. The van der Waals surface area contributed by atoms with Crippen molar-refractivity contribution in [1.82, 2.24) is 0 Å². The Labute approximate surface area is 183 Å². The Kier molecular flexibility index (Phi) is 6.84.